The topological polar surface area (TPSA) is 29.9 Å². The average molecular weight is 269 g/mol. The van der Waals surface area contributed by atoms with E-state index in [-0.39, 0.29) is 11.7 Å². The molecule has 1 N–H and O–H groups in total. The van der Waals surface area contributed by atoms with Gasteiger partial charge in [0, 0.05) is 29.4 Å². The molecule has 19 heavy (non-hydrogen) atoms. The molecule has 0 radical (unpaired) electrons. The molecule has 3 nitrogen and oxygen atoms in total. The van der Waals surface area contributed by atoms with Gasteiger partial charge in [-0.05, 0) is 20.9 Å². The minimum atomic E-state index is -1.47. The van der Waals surface area contributed by atoms with Gasteiger partial charge in [0.25, 0.3) is 0 Å². The summed E-state index contributed by atoms with van der Waals surface area (Å²) in [7, 11) is 1.80. The Bertz CT molecular complexity index is 584. The second kappa shape index (κ2) is 5.05. The number of hydrogen-bond acceptors (Lipinski definition) is 2. The van der Waals surface area contributed by atoms with Crippen molar-refractivity contribution >= 4 is 0 Å². The number of rotatable bonds is 3. The molecule has 0 fully saturated rings. The largest absolute Gasteiger partial charge is 0.313 e. The molecule has 102 valence electrons. The third kappa shape index (κ3) is 2.35. The Labute approximate surface area is 109 Å². The molecule has 1 atom stereocenters. The first kappa shape index (κ1) is 13.6. The highest BCUT2D eigenvalue weighted by Gasteiger charge is 2.16. The van der Waals surface area contributed by atoms with Gasteiger partial charge in [-0.15, -0.1) is 0 Å². The van der Waals surface area contributed by atoms with Crippen LogP contribution in [0.15, 0.2) is 18.3 Å². The van der Waals surface area contributed by atoms with Crippen LogP contribution in [0, 0.1) is 24.4 Å². The summed E-state index contributed by atoms with van der Waals surface area (Å²) in [5.41, 5.74) is 1.81. The lowest BCUT2D eigenvalue weighted by atomic mass is 10.1. The lowest BCUT2D eigenvalue weighted by Gasteiger charge is -2.10. The minimum Gasteiger partial charge on any atom is -0.313 e. The van der Waals surface area contributed by atoms with Crippen LogP contribution < -0.4 is 5.32 Å². The molecule has 2 aromatic rings. The Balaban J connectivity index is 2.51. The first-order valence-electron chi connectivity index (χ1n) is 5.82. The highest BCUT2D eigenvalue weighted by Crippen LogP contribution is 2.22. The van der Waals surface area contributed by atoms with Crippen molar-refractivity contribution in [2.45, 2.75) is 19.9 Å². The zero-order chi connectivity index (χ0) is 14.2. The molecule has 0 bridgehead atoms. The van der Waals surface area contributed by atoms with E-state index in [1.165, 1.54) is 4.68 Å². The number of aromatic nitrogens is 2. The minimum absolute atomic E-state index is 0.0592. The molecule has 0 aliphatic rings. The molecule has 0 aliphatic carbocycles. The molecule has 1 aromatic carbocycles. The summed E-state index contributed by atoms with van der Waals surface area (Å²) in [6.45, 7) is 3.73. The Morgan fingerprint density at radius 1 is 1.21 bits per heavy atom. The molecule has 1 aromatic heterocycles. The van der Waals surface area contributed by atoms with E-state index in [1.807, 2.05) is 6.92 Å². The summed E-state index contributed by atoms with van der Waals surface area (Å²) in [4.78, 5) is 0. The Morgan fingerprint density at radius 3 is 2.32 bits per heavy atom. The Morgan fingerprint density at radius 2 is 1.79 bits per heavy atom. The fourth-order valence-electron chi connectivity index (χ4n) is 1.93. The van der Waals surface area contributed by atoms with Gasteiger partial charge in [-0.3, -0.25) is 0 Å². The molecule has 1 unspecified atom stereocenters. The molecule has 0 saturated heterocycles. The maximum absolute atomic E-state index is 13.2. The second-order valence-electron chi connectivity index (χ2n) is 4.33. The van der Waals surface area contributed by atoms with Crippen LogP contribution in [-0.4, -0.2) is 16.8 Å². The highest BCUT2D eigenvalue weighted by atomic mass is 19.2. The number of benzene rings is 1. The predicted molar refractivity (Wildman–Crippen MR) is 65.6 cm³/mol. The van der Waals surface area contributed by atoms with Crippen LogP contribution in [0.1, 0.15) is 24.2 Å². The standard InChI is InChI=1S/C13H14F3N3/c1-7(17-3)10-6-18-19(8(10)2)9-4-11(14)13(16)12(15)5-9/h4-7,17H,1-3H3. The maximum atomic E-state index is 13.2. The highest BCUT2D eigenvalue weighted by molar-refractivity contribution is 5.36. The molecule has 0 spiro atoms. The van der Waals surface area contributed by atoms with Crippen molar-refractivity contribution in [2.75, 3.05) is 7.05 Å². The lowest BCUT2D eigenvalue weighted by Crippen LogP contribution is -2.13. The first-order valence-corrected chi connectivity index (χ1v) is 5.82. The summed E-state index contributed by atoms with van der Waals surface area (Å²) in [6.07, 6.45) is 1.62. The van der Waals surface area contributed by atoms with Crippen LogP contribution in [0.3, 0.4) is 0 Å². The van der Waals surface area contributed by atoms with Crippen molar-refractivity contribution in [1.82, 2.24) is 15.1 Å². The summed E-state index contributed by atoms with van der Waals surface area (Å²) >= 11 is 0. The van der Waals surface area contributed by atoms with E-state index >= 15 is 0 Å². The summed E-state index contributed by atoms with van der Waals surface area (Å²) < 4.78 is 40.8. The van der Waals surface area contributed by atoms with Crippen LogP contribution >= 0.6 is 0 Å². The zero-order valence-corrected chi connectivity index (χ0v) is 10.8. The van der Waals surface area contributed by atoms with Crippen LogP contribution in [0.5, 0.6) is 0 Å². The Kier molecular flexibility index (Phi) is 3.61. The van der Waals surface area contributed by atoms with Gasteiger partial charge >= 0.3 is 0 Å². The van der Waals surface area contributed by atoms with E-state index < -0.39 is 17.5 Å². The van der Waals surface area contributed by atoms with Crippen LogP contribution in [0.4, 0.5) is 13.2 Å². The molecule has 0 aliphatic heterocycles. The fraction of sp³-hybridized carbons (Fsp3) is 0.308. The molecule has 2 rings (SSSR count). The average Bonchev–Trinajstić information content (AvgIpc) is 2.76. The number of halogens is 3. The number of hydrogen-bond donors (Lipinski definition) is 1. The van der Waals surface area contributed by atoms with E-state index in [0.717, 1.165) is 23.4 Å². The van der Waals surface area contributed by atoms with Gasteiger partial charge in [-0.2, -0.15) is 5.10 Å². The van der Waals surface area contributed by atoms with Gasteiger partial charge in [-0.1, -0.05) is 0 Å². The fourth-order valence-corrected chi connectivity index (χ4v) is 1.93. The third-order valence-electron chi connectivity index (χ3n) is 3.16. The summed E-state index contributed by atoms with van der Waals surface area (Å²) in [5, 5.41) is 7.15. The van der Waals surface area contributed by atoms with E-state index in [1.54, 1.807) is 20.2 Å². The van der Waals surface area contributed by atoms with E-state index in [4.69, 9.17) is 0 Å². The molecule has 1 heterocycles. The van der Waals surface area contributed by atoms with Gasteiger partial charge in [0.1, 0.15) is 0 Å². The van der Waals surface area contributed by atoms with Gasteiger partial charge in [0.15, 0.2) is 17.5 Å². The number of nitrogens with zero attached hydrogens (tertiary/aromatic N) is 2. The summed E-state index contributed by atoms with van der Waals surface area (Å²) in [5.74, 6) is -3.93. The van der Waals surface area contributed by atoms with E-state index in [9.17, 15) is 13.2 Å². The van der Waals surface area contributed by atoms with Crippen molar-refractivity contribution in [3.8, 4) is 5.69 Å². The van der Waals surface area contributed by atoms with Gasteiger partial charge < -0.3 is 5.32 Å². The molecular weight excluding hydrogens is 255 g/mol. The van der Waals surface area contributed by atoms with Crippen molar-refractivity contribution in [1.29, 1.82) is 0 Å². The second-order valence-corrected chi connectivity index (χ2v) is 4.33. The van der Waals surface area contributed by atoms with Crippen molar-refractivity contribution < 1.29 is 13.2 Å². The van der Waals surface area contributed by atoms with Crippen LogP contribution in [0.25, 0.3) is 5.69 Å². The van der Waals surface area contributed by atoms with Crippen LogP contribution in [-0.2, 0) is 0 Å². The van der Waals surface area contributed by atoms with Crippen molar-refractivity contribution in [3.63, 3.8) is 0 Å². The van der Waals surface area contributed by atoms with Gasteiger partial charge in [0.05, 0.1) is 11.9 Å². The molecule has 6 heteroatoms. The molecule has 0 saturated carbocycles. The van der Waals surface area contributed by atoms with Crippen molar-refractivity contribution in [3.05, 3.63) is 47.0 Å². The van der Waals surface area contributed by atoms with Crippen LogP contribution in [0.2, 0.25) is 0 Å². The Hall–Kier alpha value is -1.82. The molecular formula is C13H14F3N3. The normalized spacial score (nSPS) is 12.7. The molecule has 0 amide bonds. The first-order chi connectivity index (χ1) is 8.95. The smallest absolute Gasteiger partial charge is 0.194 e. The van der Waals surface area contributed by atoms with E-state index in [2.05, 4.69) is 10.4 Å². The predicted octanol–water partition coefficient (Wildman–Crippen LogP) is 2.88. The quantitative estimate of drug-likeness (QED) is 0.868. The van der Waals surface area contributed by atoms with Crippen molar-refractivity contribution in [2.24, 2.45) is 0 Å². The number of nitrogens with one attached hydrogen (secondary N) is 1. The third-order valence-corrected chi connectivity index (χ3v) is 3.16. The SMILES string of the molecule is CNC(C)c1cnn(-c2cc(F)c(F)c(F)c2)c1C. The van der Waals surface area contributed by atoms with Gasteiger partial charge in [-0.25, -0.2) is 17.9 Å². The zero-order valence-electron chi connectivity index (χ0n) is 10.8. The lowest BCUT2D eigenvalue weighted by molar-refractivity contribution is 0.446. The van der Waals surface area contributed by atoms with E-state index in [0.29, 0.717) is 0 Å². The maximum Gasteiger partial charge on any atom is 0.194 e. The monoisotopic (exact) mass is 269 g/mol. The summed E-state index contributed by atoms with van der Waals surface area (Å²) in [6, 6.07) is 1.90. The van der Waals surface area contributed by atoms with Gasteiger partial charge in [0.2, 0.25) is 0 Å².